The molecule has 0 bridgehead atoms. The van der Waals surface area contributed by atoms with E-state index in [-0.39, 0.29) is 32.8 Å². The zero-order valence-corrected chi connectivity index (χ0v) is 20.7. The van der Waals surface area contributed by atoms with Gasteiger partial charge in [-0.3, -0.25) is 4.98 Å². The third kappa shape index (κ3) is 7.45. The van der Waals surface area contributed by atoms with Crippen molar-refractivity contribution in [2.75, 3.05) is 0 Å². The summed E-state index contributed by atoms with van der Waals surface area (Å²) in [4.78, 5) is 4.36. The molecule has 1 unspecified atom stereocenters. The largest absolute Gasteiger partial charge is 2.00 e. The molecule has 1 aromatic heterocycles. The normalized spacial score (nSPS) is 12.8. The van der Waals surface area contributed by atoms with Crippen LogP contribution in [-0.2, 0) is 31.2 Å². The summed E-state index contributed by atoms with van der Waals surface area (Å²) in [7, 11) is -1.47. The van der Waals surface area contributed by atoms with Crippen LogP contribution in [0.3, 0.4) is 0 Å². The summed E-state index contributed by atoms with van der Waals surface area (Å²) in [6.45, 7) is 1.97. The number of benzene rings is 3. The number of hydrogen-bond acceptors (Lipinski definition) is 2. The van der Waals surface area contributed by atoms with Gasteiger partial charge in [0.1, 0.15) is 0 Å². The fourth-order valence-corrected chi connectivity index (χ4v) is 4.16. The molecule has 162 valence electrons. The van der Waals surface area contributed by atoms with Gasteiger partial charge in [-0.25, -0.2) is 8.60 Å². The van der Waals surface area contributed by atoms with E-state index in [1.807, 2.05) is 43.3 Å². The maximum absolute atomic E-state index is 14.5. The molecule has 0 aliphatic heterocycles. The zero-order valence-electron chi connectivity index (χ0n) is 21.0. The van der Waals surface area contributed by atoms with E-state index in [4.69, 9.17) is 6.85 Å². The monoisotopic (exact) mass is 612 g/mol. The number of aryl methyl sites for hydroxylation is 1. The predicted octanol–water partition coefficient (Wildman–Crippen LogP) is 3.61. The average Bonchev–Trinajstić information content (AvgIpc) is 2.82. The van der Waals surface area contributed by atoms with E-state index in [9.17, 15) is 8.60 Å². The van der Waals surface area contributed by atoms with Gasteiger partial charge >= 0.3 is 20.4 Å². The Morgan fingerprint density at radius 1 is 1.03 bits per heavy atom. The van der Waals surface area contributed by atoms with Gasteiger partial charge in [0.25, 0.3) is 0 Å². The molecule has 0 saturated carbocycles. The number of pyridine rings is 1. The molecule has 0 N–H and O–H groups in total. The molecule has 0 amide bonds. The van der Waals surface area contributed by atoms with E-state index in [1.54, 1.807) is 18.2 Å². The summed E-state index contributed by atoms with van der Waals surface area (Å²) < 4.78 is 63.2. The molecule has 0 fully saturated rings. The van der Waals surface area contributed by atoms with Crippen LogP contribution in [-0.4, -0.2) is 9.19 Å². The van der Waals surface area contributed by atoms with E-state index < -0.39 is 47.1 Å². The molecule has 3 aromatic carbocycles. The number of nitrogens with zero attached hydrogens (tertiary/aromatic N) is 1. The van der Waals surface area contributed by atoms with E-state index in [0.29, 0.717) is 25.4 Å². The van der Waals surface area contributed by atoms with Crippen molar-refractivity contribution in [2.24, 2.45) is 0 Å². The number of rotatable bonds is 3. The predicted molar refractivity (Wildman–Crippen MR) is 118 cm³/mol. The third-order valence-corrected chi connectivity index (χ3v) is 5.91. The second-order valence-corrected chi connectivity index (χ2v) is 8.10. The summed E-state index contributed by atoms with van der Waals surface area (Å²) in [6.07, 6.45) is -0.841. The Bertz CT molecular complexity index is 1360. The van der Waals surface area contributed by atoms with Gasteiger partial charge in [0, 0.05) is 22.1 Å². The van der Waals surface area contributed by atoms with Crippen molar-refractivity contribution < 1.29 is 48.3 Å². The van der Waals surface area contributed by atoms with Gasteiger partial charge in [-0.15, -0.1) is 45.8 Å². The molecule has 1 heterocycles. The summed E-state index contributed by atoms with van der Waals surface area (Å²) in [5.41, 5.74) is 1.98. The van der Waals surface area contributed by atoms with E-state index in [0.717, 1.165) is 5.56 Å². The van der Waals surface area contributed by atoms with Crippen LogP contribution in [0.5, 0.6) is 0 Å². The smallest absolute Gasteiger partial charge is 1.00 e. The van der Waals surface area contributed by atoms with Crippen LogP contribution >= 0.6 is 15.9 Å². The minimum atomic E-state index is -1.47. The van der Waals surface area contributed by atoms with Crippen LogP contribution in [0.4, 0.5) is 4.39 Å². The first-order chi connectivity index (χ1) is 16.1. The topological polar surface area (TPSA) is 30.0 Å². The van der Waals surface area contributed by atoms with Gasteiger partial charge in [0.2, 0.25) is 0 Å². The van der Waals surface area contributed by atoms with Crippen molar-refractivity contribution in [1.82, 2.24) is 4.98 Å². The Balaban J connectivity index is 0.000000425. The second-order valence-electron chi connectivity index (χ2n) is 5.80. The Morgan fingerprint density at radius 2 is 1.71 bits per heavy atom. The van der Waals surface area contributed by atoms with Crippen LogP contribution < -0.4 is 12.4 Å². The molecule has 2 nitrogen and oxygen atoms in total. The van der Waals surface area contributed by atoms with Gasteiger partial charge < -0.3 is 12.4 Å². The molecular formula is C24H18BrClFNOPdS. The first-order valence-electron chi connectivity index (χ1n) is 11.0. The van der Waals surface area contributed by atoms with Crippen LogP contribution in [0, 0.1) is 18.8 Å². The molecule has 0 aliphatic rings. The second kappa shape index (κ2) is 13.7. The molecule has 31 heavy (non-hydrogen) atoms. The van der Waals surface area contributed by atoms with Gasteiger partial charge in [-0.2, -0.15) is 0 Å². The van der Waals surface area contributed by atoms with Gasteiger partial charge in [-0.1, -0.05) is 40.3 Å². The third-order valence-electron chi connectivity index (χ3n) is 3.81. The summed E-state index contributed by atoms with van der Waals surface area (Å²) >= 11 is 3.42. The maximum Gasteiger partial charge on any atom is 2.00 e. The quantitative estimate of drug-likeness (QED) is 0.261. The first-order valence-corrected chi connectivity index (χ1v) is 10.4. The molecule has 1 atom stereocenters. The maximum atomic E-state index is 14.5. The Kier molecular flexibility index (Phi) is 8.81. The summed E-state index contributed by atoms with van der Waals surface area (Å²) in [6, 6.07) is 19.2. The van der Waals surface area contributed by atoms with Crippen molar-refractivity contribution in [3.05, 3.63) is 113 Å². The molecule has 4 aromatic rings. The minimum Gasteiger partial charge on any atom is -1.00 e. The number of hydrogen-bond donors (Lipinski definition) is 0. The Hall–Kier alpha value is -1.68. The van der Waals surface area contributed by atoms with Crippen molar-refractivity contribution in [2.45, 2.75) is 16.7 Å². The van der Waals surface area contributed by atoms with Crippen LogP contribution in [0.25, 0.3) is 11.1 Å². The number of aromatic nitrogens is 1. The zero-order chi connectivity index (χ0) is 25.0. The molecule has 0 saturated heterocycles. The fourth-order valence-electron chi connectivity index (χ4n) is 2.47. The molecular weight excluding hydrogens is 591 g/mol. The van der Waals surface area contributed by atoms with Gasteiger partial charge in [0.15, 0.2) is 0 Å². The summed E-state index contributed by atoms with van der Waals surface area (Å²) in [5.74, 6) is -0.411. The van der Waals surface area contributed by atoms with E-state index in [2.05, 4.69) is 27.0 Å². The number of halogens is 3. The van der Waals surface area contributed by atoms with E-state index in [1.165, 1.54) is 6.07 Å². The van der Waals surface area contributed by atoms with Crippen LogP contribution in [0.2, 0.25) is 0 Å². The van der Waals surface area contributed by atoms with E-state index >= 15 is 0 Å². The SMILES string of the molecule is Cc1ccc(S(=O)c2cccc(F)c2-c2[c-]cccc2Br)cc1.[2H]c1nc([2H])c([2H])c([2H])c1[2H].[Cl-].[Pd+2]. The van der Waals surface area contributed by atoms with Crippen molar-refractivity contribution in [3.8, 4) is 11.1 Å². The van der Waals surface area contributed by atoms with Crippen LogP contribution in [0.15, 0.2) is 105 Å². The molecule has 7 heteroatoms. The molecule has 0 aliphatic carbocycles. The van der Waals surface area contributed by atoms with Crippen molar-refractivity contribution in [1.29, 1.82) is 0 Å². The minimum absolute atomic E-state index is 0. The first kappa shape index (κ1) is 20.0. The fraction of sp³-hybridized carbons (Fsp3) is 0.0417. The molecule has 4 rings (SSSR count). The van der Waals surface area contributed by atoms with Crippen LogP contribution in [0.1, 0.15) is 12.4 Å². The molecule has 0 spiro atoms. The Labute approximate surface area is 220 Å². The average molecular weight is 614 g/mol. The van der Waals surface area contributed by atoms with Crippen molar-refractivity contribution >= 4 is 26.7 Å². The van der Waals surface area contributed by atoms with Gasteiger partial charge in [0.05, 0.1) is 23.5 Å². The Morgan fingerprint density at radius 3 is 2.35 bits per heavy atom. The summed E-state index contributed by atoms with van der Waals surface area (Å²) in [5, 5.41) is 0. The van der Waals surface area contributed by atoms with Crippen molar-refractivity contribution in [3.63, 3.8) is 0 Å². The standard InChI is InChI=1S/C19H13BrFOS.C5H5N.ClH.Pd/c1-13-9-11-14(12-10-13)23(22)18-8-4-7-17(21)19(18)15-5-2-3-6-16(15)20;1-2-4-6-5-3-1;;/h2-4,6-12H,1H3;1-5H;1H;/q-1;;;+2/p-1/i;1D,2D,3D,4D,5D;;. The van der Waals surface area contributed by atoms with Gasteiger partial charge in [-0.05, 0) is 42.8 Å². The molecule has 0 radical (unpaired) electrons.